The standard InChI is InChI=1S/C18H25N3O/c1-20(2)14-15-21(18(22)17-11-6-12-19-17)13-7-10-16-8-4-3-5-9-16/h3-6,8-9,11-12,19H,7,10,13-15H2,1-2H3. The van der Waals surface area contributed by atoms with Crippen LogP contribution >= 0.6 is 0 Å². The highest BCUT2D eigenvalue weighted by molar-refractivity contribution is 5.92. The van der Waals surface area contributed by atoms with Crippen LogP contribution in [0.5, 0.6) is 0 Å². The van der Waals surface area contributed by atoms with Crippen molar-refractivity contribution < 1.29 is 4.79 Å². The first kappa shape index (κ1) is 16.3. The van der Waals surface area contributed by atoms with E-state index in [1.165, 1.54) is 5.56 Å². The van der Waals surface area contributed by atoms with Gasteiger partial charge >= 0.3 is 0 Å². The summed E-state index contributed by atoms with van der Waals surface area (Å²) in [4.78, 5) is 19.6. The molecule has 22 heavy (non-hydrogen) atoms. The Morgan fingerprint density at radius 3 is 2.41 bits per heavy atom. The van der Waals surface area contributed by atoms with E-state index in [1.807, 2.05) is 37.2 Å². The highest BCUT2D eigenvalue weighted by Gasteiger charge is 2.16. The van der Waals surface area contributed by atoms with Gasteiger partial charge in [-0.1, -0.05) is 30.3 Å². The molecule has 0 saturated heterocycles. The fourth-order valence-corrected chi connectivity index (χ4v) is 2.39. The van der Waals surface area contributed by atoms with E-state index in [9.17, 15) is 4.79 Å². The minimum absolute atomic E-state index is 0.0833. The fourth-order valence-electron chi connectivity index (χ4n) is 2.39. The van der Waals surface area contributed by atoms with E-state index in [0.29, 0.717) is 5.69 Å². The van der Waals surface area contributed by atoms with Gasteiger partial charge in [0.2, 0.25) is 0 Å². The number of benzene rings is 1. The predicted octanol–water partition coefficient (Wildman–Crippen LogP) is 2.65. The Balaban J connectivity index is 1.91. The molecule has 0 aliphatic carbocycles. The Hall–Kier alpha value is -2.07. The molecule has 2 aromatic rings. The van der Waals surface area contributed by atoms with Gasteiger partial charge in [0.1, 0.15) is 5.69 Å². The average Bonchev–Trinajstić information content (AvgIpc) is 3.05. The smallest absolute Gasteiger partial charge is 0.270 e. The molecule has 1 aromatic carbocycles. The van der Waals surface area contributed by atoms with Crippen molar-refractivity contribution in [3.05, 3.63) is 59.9 Å². The lowest BCUT2D eigenvalue weighted by Gasteiger charge is -2.24. The number of hydrogen-bond donors (Lipinski definition) is 1. The maximum Gasteiger partial charge on any atom is 0.270 e. The average molecular weight is 299 g/mol. The summed E-state index contributed by atoms with van der Waals surface area (Å²) in [6.07, 6.45) is 3.77. The molecule has 1 aromatic heterocycles. The second kappa shape index (κ2) is 8.39. The minimum Gasteiger partial charge on any atom is -0.357 e. The second-order valence-electron chi connectivity index (χ2n) is 5.77. The maximum absolute atomic E-state index is 12.5. The Bertz CT molecular complexity index is 549. The van der Waals surface area contributed by atoms with Crippen LogP contribution in [0, 0.1) is 0 Å². The van der Waals surface area contributed by atoms with Crippen molar-refractivity contribution in [2.75, 3.05) is 33.7 Å². The van der Waals surface area contributed by atoms with E-state index in [0.717, 1.165) is 32.5 Å². The summed E-state index contributed by atoms with van der Waals surface area (Å²) in [5.74, 6) is 0.0833. The Labute approximate surface area is 132 Å². The van der Waals surface area contributed by atoms with E-state index in [1.54, 1.807) is 6.20 Å². The number of nitrogens with zero attached hydrogens (tertiary/aromatic N) is 2. The zero-order valence-corrected chi connectivity index (χ0v) is 13.5. The fraction of sp³-hybridized carbons (Fsp3) is 0.389. The van der Waals surface area contributed by atoms with Crippen LogP contribution in [-0.4, -0.2) is 54.4 Å². The number of carbonyl (C=O) groups excluding carboxylic acids is 1. The van der Waals surface area contributed by atoms with Gasteiger partial charge in [-0.3, -0.25) is 4.79 Å². The molecular weight excluding hydrogens is 274 g/mol. The molecule has 1 heterocycles. The molecule has 1 N–H and O–H groups in total. The Morgan fingerprint density at radius 2 is 1.77 bits per heavy atom. The van der Waals surface area contributed by atoms with Gasteiger partial charge in [0.25, 0.3) is 5.91 Å². The van der Waals surface area contributed by atoms with Gasteiger partial charge in [0, 0.05) is 25.8 Å². The Kier molecular flexibility index (Phi) is 6.22. The van der Waals surface area contributed by atoms with Crippen LogP contribution in [0.25, 0.3) is 0 Å². The summed E-state index contributed by atoms with van der Waals surface area (Å²) >= 11 is 0. The lowest BCUT2D eigenvalue weighted by atomic mass is 10.1. The molecule has 0 atom stereocenters. The number of aryl methyl sites for hydroxylation is 1. The number of rotatable bonds is 8. The molecule has 0 bridgehead atoms. The van der Waals surface area contributed by atoms with Gasteiger partial charge in [0.15, 0.2) is 0 Å². The molecule has 0 spiro atoms. The zero-order valence-electron chi connectivity index (χ0n) is 13.5. The SMILES string of the molecule is CN(C)CCN(CCCc1ccccc1)C(=O)c1ccc[nH]1. The van der Waals surface area contributed by atoms with Gasteiger partial charge in [-0.05, 0) is 44.6 Å². The van der Waals surface area contributed by atoms with Crippen molar-refractivity contribution >= 4 is 5.91 Å². The highest BCUT2D eigenvalue weighted by atomic mass is 16.2. The van der Waals surface area contributed by atoms with Crippen LogP contribution in [0.4, 0.5) is 0 Å². The van der Waals surface area contributed by atoms with E-state index < -0.39 is 0 Å². The summed E-state index contributed by atoms with van der Waals surface area (Å²) in [5, 5.41) is 0. The molecule has 2 rings (SSSR count). The second-order valence-corrected chi connectivity index (χ2v) is 5.77. The number of H-pyrrole nitrogens is 1. The van der Waals surface area contributed by atoms with E-state index in [4.69, 9.17) is 0 Å². The predicted molar refractivity (Wildman–Crippen MR) is 90.0 cm³/mol. The summed E-state index contributed by atoms with van der Waals surface area (Å²) in [6.45, 7) is 2.40. The quantitative estimate of drug-likeness (QED) is 0.814. The number of likely N-dealkylation sites (N-methyl/N-ethyl adjacent to an activating group) is 1. The number of aromatic nitrogens is 1. The van der Waals surface area contributed by atoms with Crippen molar-refractivity contribution in [2.24, 2.45) is 0 Å². The first-order valence-corrected chi connectivity index (χ1v) is 7.78. The molecule has 4 nitrogen and oxygen atoms in total. The molecule has 1 amide bonds. The van der Waals surface area contributed by atoms with Gasteiger partial charge in [-0.15, -0.1) is 0 Å². The molecule has 0 saturated carbocycles. The monoisotopic (exact) mass is 299 g/mol. The van der Waals surface area contributed by atoms with E-state index in [2.05, 4.69) is 34.1 Å². The highest BCUT2D eigenvalue weighted by Crippen LogP contribution is 2.07. The number of hydrogen-bond acceptors (Lipinski definition) is 2. The maximum atomic E-state index is 12.5. The first-order valence-electron chi connectivity index (χ1n) is 7.78. The number of amides is 1. The minimum atomic E-state index is 0.0833. The summed E-state index contributed by atoms with van der Waals surface area (Å²) < 4.78 is 0. The zero-order chi connectivity index (χ0) is 15.8. The van der Waals surface area contributed by atoms with Crippen molar-refractivity contribution in [1.29, 1.82) is 0 Å². The van der Waals surface area contributed by atoms with E-state index >= 15 is 0 Å². The lowest BCUT2D eigenvalue weighted by Crippen LogP contribution is -2.37. The molecular formula is C18H25N3O. The van der Waals surface area contributed by atoms with Crippen molar-refractivity contribution in [2.45, 2.75) is 12.8 Å². The Morgan fingerprint density at radius 1 is 1.00 bits per heavy atom. The number of carbonyl (C=O) groups is 1. The van der Waals surface area contributed by atoms with Crippen LogP contribution in [0.3, 0.4) is 0 Å². The van der Waals surface area contributed by atoms with Crippen LogP contribution in [0.15, 0.2) is 48.7 Å². The van der Waals surface area contributed by atoms with Gasteiger partial charge in [0.05, 0.1) is 0 Å². The lowest BCUT2D eigenvalue weighted by molar-refractivity contribution is 0.0738. The normalized spacial score (nSPS) is 10.9. The first-order chi connectivity index (χ1) is 10.7. The van der Waals surface area contributed by atoms with Crippen LogP contribution in [0.2, 0.25) is 0 Å². The molecule has 118 valence electrons. The summed E-state index contributed by atoms with van der Waals surface area (Å²) in [5.41, 5.74) is 1.99. The van der Waals surface area contributed by atoms with Crippen LogP contribution in [0.1, 0.15) is 22.5 Å². The molecule has 0 fully saturated rings. The topological polar surface area (TPSA) is 39.3 Å². The molecule has 0 aliphatic heterocycles. The van der Waals surface area contributed by atoms with Crippen molar-refractivity contribution in [1.82, 2.24) is 14.8 Å². The third-order valence-corrected chi connectivity index (χ3v) is 3.67. The van der Waals surface area contributed by atoms with Crippen molar-refractivity contribution in [3.8, 4) is 0 Å². The third-order valence-electron chi connectivity index (χ3n) is 3.67. The largest absolute Gasteiger partial charge is 0.357 e. The number of aromatic amines is 1. The third kappa shape index (κ3) is 5.04. The van der Waals surface area contributed by atoms with Gasteiger partial charge in [-0.2, -0.15) is 0 Å². The molecule has 0 radical (unpaired) electrons. The molecule has 0 unspecified atom stereocenters. The van der Waals surface area contributed by atoms with Gasteiger partial charge in [-0.25, -0.2) is 0 Å². The van der Waals surface area contributed by atoms with Crippen molar-refractivity contribution in [3.63, 3.8) is 0 Å². The van der Waals surface area contributed by atoms with Gasteiger partial charge < -0.3 is 14.8 Å². The van der Waals surface area contributed by atoms with Crippen LogP contribution < -0.4 is 0 Å². The number of nitrogens with one attached hydrogen (secondary N) is 1. The van der Waals surface area contributed by atoms with E-state index in [-0.39, 0.29) is 5.91 Å². The molecule has 4 heteroatoms. The summed E-state index contributed by atoms with van der Waals surface area (Å²) in [6, 6.07) is 14.1. The van der Waals surface area contributed by atoms with Crippen LogP contribution in [-0.2, 0) is 6.42 Å². The summed E-state index contributed by atoms with van der Waals surface area (Å²) in [7, 11) is 4.06. The molecule has 0 aliphatic rings.